The summed E-state index contributed by atoms with van der Waals surface area (Å²) in [7, 11) is 0. The highest BCUT2D eigenvalue weighted by Gasteiger charge is 2.11. The van der Waals surface area contributed by atoms with Crippen molar-refractivity contribution in [1.29, 1.82) is 0 Å². The Hall–Kier alpha value is -1.75. The van der Waals surface area contributed by atoms with Gasteiger partial charge in [0, 0.05) is 16.2 Å². The molecular formula is C12H7BrFNO2. The molecule has 86 valence electrons. The van der Waals surface area contributed by atoms with E-state index in [0.29, 0.717) is 15.6 Å². The number of aromatic carboxylic acids is 1. The molecule has 0 aliphatic heterocycles. The highest BCUT2D eigenvalue weighted by molar-refractivity contribution is 9.10. The minimum Gasteiger partial charge on any atom is -0.478 e. The lowest BCUT2D eigenvalue weighted by Crippen LogP contribution is -1.98. The number of rotatable bonds is 2. The van der Waals surface area contributed by atoms with Crippen LogP contribution in [0.1, 0.15) is 10.4 Å². The summed E-state index contributed by atoms with van der Waals surface area (Å²) in [5, 5.41) is 8.97. The van der Waals surface area contributed by atoms with Crippen LogP contribution in [0.2, 0.25) is 0 Å². The number of pyridine rings is 1. The van der Waals surface area contributed by atoms with Crippen LogP contribution in [0.5, 0.6) is 0 Å². The Labute approximate surface area is 105 Å². The average Bonchev–Trinajstić information content (AvgIpc) is 2.30. The summed E-state index contributed by atoms with van der Waals surface area (Å²) >= 11 is 3.14. The van der Waals surface area contributed by atoms with Gasteiger partial charge in [0.15, 0.2) is 0 Å². The largest absolute Gasteiger partial charge is 0.478 e. The normalized spacial score (nSPS) is 10.2. The van der Waals surface area contributed by atoms with Crippen LogP contribution in [0.25, 0.3) is 11.1 Å². The molecule has 17 heavy (non-hydrogen) atoms. The van der Waals surface area contributed by atoms with Crippen LogP contribution in [0.3, 0.4) is 0 Å². The van der Waals surface area contributed by atoms with Gasteiger partial charge in [-0.15, -0.1) is 0 Å². The highest BCUT2D eigenvalue weighted by Crippen LogP contribution is 2.26. The van der Waals surface area contributed by atoms with E-state index in [-0.39, 0.29) is 5.56 Å². The molecule has 1 heterocycles. The van der Waals surface area contributed by atoms with Gasteiger partial charge in [-0.1, -0.05) is 6.07 Å². The number of benzene rings is 1. The van der Waals surface area contributed by atoms with E-state index in [1.54, 1.807) is 12.1 Å². The van der Waals surface area contributed by atoms with Gasteiger partial charge in [-0.25, -0.2) is 9.18 Å². The first kappa shape index (κ1) is 11.7. The highest BCUT2D eigenvalue weighted by atomic mass is 79.9. The maximum absolute atomic E-state index is 13.5. The van der Waals surface area contributed by atoms with E-state index in [2.05, 4.69) is 20.9 Å². The van der Waals surface area contributed by atoms with E-state index in [0.717, 1.165) is 6.20 Å². The molecule has 0 spiro atoms. The zero-order valence-electron chi connectivity index (χ0n) is 8.52. The Morgan fingerprint density at radius 3 is 2.76 bits per heavy atom. The van der Waals surface area contributed by atoms with Crippen molar-refractivity contribution in [3.63, 3.8) is 0 Å². The molecule has 0 atom stereocenters. The molecule has 1 aromatic heterocycles. The zero-order chi connectivity index (χ0) is 12.4. The lowest BCUT2D eigenvalue weighted by Gasteiger charge is -2.05. The molecule has 0 aliphatic carbocycles. The first-order valence-electron chi connectivity index (χ1n) is 4.72. The number of halogens is 2. The fourth-order valence-electron chi connectivity index (χ4n) is 1.47. The Morgan fingerprint density at radius 2 is 2.12 bits per heavy atom. The Balaban J connectivity index is 2.58. The van der Waals surface area contributed by atoms with Crippen LogP contribution in [0.15, 0.2) is 41.1 Å². The van der Waals surface area contributed by atoms with Gasteiger partial charge in [-0.2, -0.15) is 0 Å². The van der Waals surface area contributed by atoms with Crippen molar-refractivity contribution in [3.05, 3.63) is 52.5 Å². The third-order valence-electron chi connectivity index (χ3n) is 2.28. The molecule has 0 fully saturated rings. The van der Waals surface area contributed by atoms with E-state index >= 15 is 0 Å². The summed E-state index contributed by atoms with van der Waals surface area (Å²) in [5.74, 6) is -1.54. The van der Waals surface area contributed by atoms with Gasteiger partial charge in [0.2, 0.25) is 0 Å². The van der Waals surface area contributed by atoms with Crippen molar-refractivity contribution in [3.8, 4) is 11.1 Å². The van der Waals surface area contributed by atoms with Gasteiger partial charge in [0.25, 0.3) is 0 Å². The standard InChI is InChI=1S/C12H7BrFNO2/c13-10-2-1-7(5-9(10)12(16)17)8-3-4-15-6-11(8)14/h1-6H,(H,16,17). The number of hydrogen-bond acceptors (Lipinski definition) is 2. The van der Waals surface area contributed by atoms with E-state index in [1.807, 2.05) is 0 Å². The summed E-state index contributed by atoms with van der Waals surface area (Å²) in [4.78, 5) is 14.6. The van der Waals surface area contributed by atoms with Crippen molar-refractivity contribution in [2.45, 2.75) is 0 Å². The number of carboxylic acid groups (broad SMARTS) is 1. The van der Waals surface area contributed by atoms with Gasteiger partial charge in [0.1, 0.15) is 5.82 Å². The molecule has 1 aromatic carbocycles. The van der Waals surface area contributed by atoms with Gasteiger partial charge >= 0.3 is 5.97 Å². The molecule has 0 saturated carbocycles. The van der Waals surface area contributed by atoms with E-state index in [4.69, 9.17) is 5.11 Å². The number of hydrogen-bond donors (Lipinski definition) is 1. The van der Waals surface area contributed by atoms with Gasteiger partial charge in [-0.05, 0) is 39.7 Å². The van der Waals surface area contributed by atoms with Crippen molar-refractivity contribution in [2.24, 2.45) is 0 Å². The zero-order valence-corrected chi connectivity index (χ0v) is 10.1. The molecule has 0 aliphatic rings. The van der Waals surface area contributed by atoms with E-state index in [1.165, 1.54) is 18.3 Å². The molecule has 0 unspecified atom stereocenters. The maximum atomic E-state index is 13.5. The van der Waals surface area contributed by atoms with Crippen LogP contribution in [0, 0.1) is 5.82 Å². The number of nitrogens with zero attached hydrogens (tertiary/aromatic N) is 1. The molecule has 0 bridgehead atoms. The SMILES string of the molecule is O=C(O)c1cc(-c2ccncc2F)ccc1Br. The van der Waals surface area contributed by atoms with Crippen LogP contribution < -0.4 is 0 Å². The number of aromatic nitrogens is 1. The molecule has 3 nitrogen and oxygen atoms in total. The fraction of sp³-hybridized carbons (Fsp3) is 0. The second kappa shape index (κ2) is 4.63. The summed E-state index contributed by atoms with van der Waals surface area (Å²) in [6.07, 6.45) is 2.55. The molecule has 2 aromatic rings. The van der Waals surface area contributed by atoms with Crippen molar-refractivity contribution in [1.82, 2.24) is 4.98 Å². The van der Waals surface area contributed by atoms with Gasteiger partial charge in [-0.3, -0.25) is 4.98 Å². The maximum Gasteiger partial charge on any atom is 0.336 e. The fourth-order valence-corrected chi connectivity index (χ4v) is 1.88. The summed E-state index contributed by atoms with van der Waals surface area (Å²) in [6.45, 7) is 0. The Morgan fingerprint density at radius 1 is 1.35 bits per heavy atom. The molecule has 0 saturated heterocycles. The quantitative estimate of drug-likeness (QED) is 0.924. The Kier molecular flexibility index (Phi) is 3.19. The molecular weight excluding hydrogens is 289 g/mol. The molecule has 2 rings (SSSR count). The lowest BCUT2D eigenvalue weighted by atomic mass is 10.0. The van der Waals surface area contributed by atoms with Crippen LogP contribution >= 0.6 is 15.9 Å². The minimum absolute atomic E-state index is 0.0960. The summed E-state index contributed by atoms with van der Waals surface area (Å²) < 4.78 is 13.9. The second-order valence-electron chi connectivity index (χ2n) is 3.36. The van der Waals surface area contributed by atoms with Crippen LogP contribution in [-0.4, -0.2) is 16.1 Å². The topological polar surface area (TPSA) is 50.2 Å². The predicted molar refractivity (Wildman–Crippen MR) is 64.3 cm³/mol. The van der Waals surface area contributed by atoms with Crippen LogP contribution in [0.4, 0.5) is 4.39 Å². The average molecular weight is 296 g/mol. The third kappa shape index (κ3) is 2.34. The van der Waals surface area contributed by atoms with Crippen molar-refractivity contribution in [2.75, 3.05) is 0 Å². The van der Waals surface area contributed by atoms with Gasteiger partial charge < -0.3 is 5.11 Å². The first-order chi connectivity index (χ1) is 8.09. The summed E-state index contributed by atoms with van der Waals surface area (Å²) in [6, 6.07) is 6.16. The number of carboxylic acids is 1. The smallest absolute Gasteiger partial charge is 0.336 e. The van der Waals surface area contributed by atoms with Crippen LogP contribution in [-0.2, 0) is 0 Å². The first-order valence-corrected chi connectivity index (χ1v) is 5.51. The third-order valence-corrected chi connectivity index (χ3v) is 2.97. The monoisotopic (exact) mass is 295 g/mol. The lowest BCUT2D eigenvalue weighted by molar-refractivity contribution is 0.0696. The van der Waals surface area contributed by atoms with E-state index in [9.17, 15) is 9.18 Å². The van der Waals surface area contributed by atoms with Crippen molar-refractivity contribution >= 4 is 21.9 Å². The minimum atomic E-state index is -1.06. The second-order valence-corrected chi connectivity index (χ2v) is 4.21. The van der Waals surface area contributed by atoms with Gasteiger partial charge in [0.05, 0.1) is 11.8 Å². The molecule has 0 amide bonds. The molecule has 0 radical (unpaired) electrons. The van der Waals surface area contributed by atoms with E-state index < -0.39 is 11.8 Å². The number of carbonyl (C=O) groups is 1. The van der Waals surface area contributed by atoms with Crippen molar-refractivity contribution < 1.29 is 14.3 Å². The predicted octanol–water partition coefficient (Wildman–Crippen LogP) is 3.35. The molecule has 1 N–H and O–H groups in total. The Bertz CT molecular complexity index is 586. The summed E-state index contributed by atoms with van der Waals surface area (Å²) in [5.41, 5.74) is 0.930. The molecule has 5 heteroatoms.